The van der Waals surface area contributed by atoms with E-state index in [4.69, 9.17) is 5.73 Å². The Kier molecular flexibility index (Phi) is 3.74. The molecule has 3 N–H and O–H groups in total. The number of nitrogens with one attached hydrogen (secondary N) is 1. The zero-order chi connectivity index (χ0) is 14.7. The summed E-state index contributed by atoms with van der Waals surface area (Å²) in [6, 6.07) is 8.05. The van der Waals surface area contributed by atoms with Crippen LogP contribution in [-0.4, -0.2) is 27.4 Å². The molecule has 0 aliphatic carbocycles. The van der Waals surface area contributed by atoms with Crippen LogP contribution in [-0.2, 0) is 6.42 Å². The van der Waals surface area contributed by atoms with Crippen LogP contribution in [0.15, 0.2) is 36.7 Å². The van der Waals surface area contributed by atoms with Gasteiger partial charge in [0.15, 0.2) is 0 Å². The van der Waals surface area contributed by atoms with E-state index in [1.807, 2.05) is 18.2 Å². The van der Waals surface area contributed by atoms with Crippen molar-refractivity contribution in [3.05, 3.63) is 47.4 Å². The van der Waals surface area contributed by atoms with Crippen LogP contribution < -0.4 is 11.1 Å². The molecule has 0 aliphatic heterocycles. The number of anilines is 1. The predicted octanol–water partition coefficient (Wildman–Crippen LogP) is 1.84. The number of fused-ring (bicyclic) bond motifs is 1. The zero-order valence-electron chi connectivity index (χ0n) is 11.1. The summed E-state index contributed by atoms with van der Waals surface area (Å²) in [5.41, 5.74) is 6.34. The maximum atomic E-state index is 11.0. The van der Waals surface area contributed by atoms with Crippen molar-refractivity contribution in [1.82, 2.24) is 15.0 Å². The lowest BCUT2D eigenvalue weighted by atomic mass is 10.3. The summed E-state index contributed by atoms with van der Waals surface area (Å²) in [5.74, 6) is -0.0512. The second-order valence-electron chi connectivity index (χ2n) is 4.41. The van der Waals surface area contributed by atoms with Gasteiger partial charge in [-0.25, -0.2) is 9.97 Å². The number of para-hydroxylation sites is 1. The minimum absolute atomic E-state index is 0.153. The minimum Gasteiger partial charge on any atom is -0.368 e. The first-order valence-corrected chi connectivity index (χ1v) is 7.24. The quantitative estimate of drug-likeness (QED) is 0.749. The number of aromatic nitrogens is 3. The molecule has 3 aromatic rings. The van der Waals surface area contributed by atoms with Crippen molar-refractivity contribution in [1.29, 1.82) is 0 Å². The first kappa shape index (κ1) is 13.4. The third-order valence-corrected chi connectivity index (χ3v) is 3.97. The molecule has 1 amide bonds. The number of amides is 1. The lowest BCUT2D eigenvalue weighted by molar-refractivity contribution is 0.0995. The van der Waals surface area contributed by atoms with Crippen LogP contribution >= 0.6 is 11.3 Å². The number of rotatable bonds is 5. The summed E-state index contributed by atoms with van der Waals surface area (Å²) in [6.45, 7) is 0.663. The Hall–Kier alpha value is -2.54. The topological polar surface area (TPSA) is 93.8 Å². The fraction of sp³-hybridized carbons (Fsp3) is 0.143. The summed E-state index contributed by atoms with van der Waals surface area (Å²) in [6.07, 6.45) is 3.69. The molecular formula is C14H13N5OS. The van der Waals surface area contributed by atoms with E-state index in [0.717, 1.165) is 16.9 Å². The van der Waals surface area contributed by atoms with Crippen molar-refractivity contribution in [3.63, 3.8) is 0 Å². The van der Waals surface area contributed by atoms with Crippen molar-refractivity contribution in [2.45, 2.75) is 6.42 Å². The average molecular weight is 299 g/mol. The van der Waals surface area contributed by atoms with E-state index < -0.39 is 5.91 Å². The Balaban J connectivity index is 1.63. The Morgan fingerprint density at radius 2 is 2.10 bits per heavy atom. The second kappa shape index (κ2) is 5.84. The first-order valence-electron chi connectivity index (χ1n) is 6.42. The molecule has 0 bridgehead atoms. The molecule has 0 radical (unpaired) electrons. The summed E-state index contributed by atoms with van der Waals surface area (Å²) >= 11 is 1.68. The Morgan fingerprint density at radius 1 is 1.24 bits per heavy atom. The van der Waals surface area contributed by atoms with Crippen LogP contribution in [0.25, 0.3) is 10.2 Å². The number of nitrogens with zero attached hydrogens (tertiary/aromatic N) is 3. The summed E-state index contributed by atoms with van der Waals surface area (Å²) in [4.78, 5) is 23.6. The average Bonchev–Trinajstić information content (AvgIpc) is 2.90. The van der Waals surface area contributed by atoms with E-state index >= 15 is 0 Å². The van der Waals surface area contributed by atoms with Crippen molar-refractivity contribution >= 4 is 33.3 Å². The van der Waals surface area contributed by atoms with E-state index in [9.17, 15) is 4.79 Å². The molecule has 2 aromatic heterocycles. The number of carbonyl (C=O) groups is 1. The van der Waals surface area contributed by atoms with Crippen molar-refractivity contribution in [3.8, 4) is 0 Å². The highest BCUT2D eigenvalue weighted by molar-refractivity contribution is 7.18. The lowest BCUT2D eigenvalue weighted by Gasteiger charge is -2.04. The van der Waals surface area contributed by atoms with Gasteiger partial charge < -0.3 is 11.1 Å². The zero-order valence-corrected chi connectivity index (χ0v) is 11.9. The molecule has 6 nitrogen and oxygen atoms in total. The molecule has 0 aliphatic rings. The fourth-order valence-corrected chi connectivity index (χ4v) is 2.86. The Morgan fingerprint density at radius 3 is 2.90 bits per heavy atom. The number of thiazole rings is 1. The molecule has 0 atom stereocenters. The monoisotopic (exact) mass is 299 g/mol. The fourth-order valence-electron chi connectivity index (χ4n) is 1.89. The van der Waals surface area contributed by atoms with Gasteiger partial charge in [-0.2, -0.15) is 0 Å². The van der Waals surface area contributed by atoms with E-state index in [2.05, 4.69) is 26.3 Å². The Labute approximate surface area is 125 Å². The van der Waals surface area contributed by atoms with Gasteiger partial charge in [0.25, 0.3) is 5.91 Å². The number of hydrogen-bond acceptors (Lipinski definition) is 6. The van der Waals surface area contributed by atoms with Gasteiger partial charge in [0.05, 0.1) is 27.6 Å². The highest BCUT2D eigenvalue weighted by Crippen LogP contribution is 2.21. The molecule has 106 valence electrons. The second-order valence-corrected chi connectivity index (χ2v) is 5.52. The Bertz CT molecular complexity index is 753. The van der Waals surface area contributed by atoms with E-state index in [-0.39, 0.29) is 5.69 Å². The van der Waals surface area contributed by atoms with Gasteiger partial charge in [-0.05, 0) is 12.1 Å². The first-order chi connectivity index (χ1) is 10.2. The van der Waals surface area contributed by atoms with Crippen LogP contribution in [0.1, 0.15) is 15.5 Å². The molecule has 0 fully saturated rings. The number of primary amides is 1. The third-order valence-electron chi connectivity index (χ3n) is 2.87. The summed E-state index contributed by atoms with van der Waals surface area (Å²) in [5, 5.41) is 4.18. The predicted molar refractivity (Wildman–Crippen MR) is 82.4 cm³/mol. The lowest BCUT2D eigenvalue weighted by Crippen LogP contribution is -2.15. The van der Waals surface area contributed by atoms with Gasteiger partial charge in [-0.15, -0.1) is 11.3 Å². The van der Waals surface area contributed by atoms with E-state index in [1.54, 1.807) is 17.5 Å². The molecule has 0 saturated heterocycles. The van der Waals surface area contributed by atoms with Gasteiger partial charge in [-0.3, -0.25) is 9.78 Å². The highest BCUT2D eigenvalue weighted by Gasteiger charge is 2.05. The van der Waals surface area contributed by atoms with E-state index in [0.29, 0.717) is 12.4 Å². The normalized spacial score (nSPS) is 10.7. The molecule has 7 heteroatoms. The van der Waals surface area contributed by atoms with Crippen LogP contribution in [0, 0.1) is 0 Å². The number of hydrogen-bond donors (Lipinski definition) is 2. The van der Waals surface area contributed by atoms with Crippen molar-refractivity contribution < 1.29 is 4.79 Å². The van der Waals surface area contributed by atoms with Gasteiger partial charge in [-0.1, -0.05) is 12.1 Å². The van der Waals surface area contributed by atoms with Crippen molar-refractivity contribution in [2.24, 2.45) is 5.73 Å². The minimum atomic E-state index is -0.586. The van der Waals surface area contributed by atoms with Crippen molar-refractivity contribution in [2.75, 3.05) is 11.9 Å². The SMILES string of the molecule is NC(=O)c1cncc(NCCc2nc3ccccc3s2)n1. The molecular weight excluding hydrogens is 286 g/mol. The van der Waals surface area contributed by atoms with Gasteiger partial charge in [0.2, 0.25) is 0 Å². The van der Waals surface area contributed by atoms with Gasteiger partial charge in [0, 0.05) is 13.0 Å². The summed E-state index contributed by atoms with van der Waals surface area (Å²) in [7, 11) is 0. The van der Waals surface area contributed by atoms with E-state index in [1.165, 1.54) is 10.9 Å². The number of carbonyl (C=O) groups excluding carboxylic acids is 1. The molecule has 0 spiro atoms. The maximum absolute atomic E-state index is 11.0. The number of nitrogens with two attached hydrogens (primary N) is 1. The molecule has 0 saturated carbocycles. The molecule has 1 aromatic carbocycles. The third kappa shape index (κ3) is 3.14. The highest BCUT2D eigenvalue weighted by atomic mass is 32.1. The van der Waals surface area contributed by atoms with Crippen LogP contribution in [0.5, 0.6) is 0 Å². The smallest absolute Gasteiger partial charge is 0.268 e. The summed E-state index contributed by atoms with van der Waals surface area (Å²) < 4.78 is 1.18. The molecule has 0 unspecified atom stereocenters. The van der Waals surface area contributed by atoms with Crippen LogP contribution in [0.4, 0.5) is 5.82 Å². The maximum Gasteiger partial charge on any atom is 0.268 e. The van der Waals surface area contributed by atoms with Gasteiger partial charge in [0.1, 0.15) is 11.5 Å². The molecule has 3 rings (SSSR count). The largest absolute Gasteiger partial charge is 0.368 e. The van der Waals surface area contributed by atoms with Crippen LogP contribution in [0.2, 0.25) is 0 Å². The molecule has 2 heterocycles. The van der Waals surface area contributed by atoms with Crippen LogP contribution in [0.3, 0.4) is 0 Å². The van der Waals surface area contributed by atoms with Gasteiger partial charge >= 0.3 is 0 Å². The standard InChI is InChI=1S/C14H13N5OS/c15-14(20)10-7-16-8-12(18-10)17-6-5-13-19-9-3-1-2-4-11(9)21-13/h1-4,7-8H,5-6H2,(H2,15,20)(H,17,18). The molecule has 21 heavy (non-hydrogen) atoms. The number of benzene rings is 1.